The maximum absolute atomic E-state index is 12.0. The van der Waals surface area contributed by atoms with Crippen molar-refractivity contribution in [3.63, 3.8) is 0 Å². The van der Waals surface area contributed by atoms with Gasteiger partial charge in [-0.05, 0) is 31.4 Å². The molecule has 0 bridgehead atoms. The fourth-order valence-corrected chi connectivity index (χ4v) is 2.78. The normalized spacial score (nSPS) is 12.2. The lowest BCUT2D eigenvalue weighted by Gasteiger charge is -2.12. The van der Waals surface area contributed by atoms with Gasteiger partial charge in [-0.3, -0.25) is 4.79 Å². The van der Waals surface area contributed by atoms with Crippen LogP contribution in [0.25, 0.3) is 0 Å². The lowest BCUT2D eigenvalue weighted by Crippen LogP contribution is -2.40. The van der Waals surface area contributed by atoms with Crippen molar-refractivity contribution in [1.82, 2.24) is 5.32 Å². The molecule has 1 amide bonds. The van der Waals surface area contributed by atoms with Crippen LogP contribution in [-0.4, -0.2) is 23.0 Å². The molecule has 1 aromatic heterocycles. The van der Waals surface area contributed by atoms with Crippen molar-refractivity contribution in [3.8, 4) is 0 Å². The van der Waals surface area contributed by atoms with E-state index in [0.29, 0.717) is 11.3 Å². The van der Waals surface area contributed by atoms with Gasteiger partial charge in [-0.25, -0.2) is 4.79 Å². The summed E-state index contributed by atoms with van der Waals surface area (Å²) in [4.78, 5) is 24.6. The van der Waals surface area contributed by atoms with Gasteiger partial charge in [-0.2, -0.15) is 0 Å². The Morgan fingerprint density at radius 2 is 2.11 bits per heavy atom. The zero-order valence-corrected chi connectivity index (χ0v) is 11.8. The second-order valence-corrected chi connectivity index (χ2v) is 5.45. The number of thiophene rings is 1. The molecule has 18 heavy (non-hydrogen) atoms. The number of nitrogens with one attached hydrogen (secondary N) is 1. The molecular formula is C13H19NO3S. The minimum Gasteiger partial charge on any atom is -0.480 e. The molecule has 4 nitrogen and oxygen atoms in total. The van der Waals surface area contributed by atoms with Crippen LogP contribution >= 0.6 is 11.3 Å². The number of carboxylic acids is 1. The van der Waals surface area contributed by atoms with Gasteiger partial charge >= 0.3 is 5.97 Å². The van der Waals surface area contributed by atoms with E-state index in [-0.39, 0.29) is 5.91 Å². The summed E-state index contributed by atoms with van der Waals surface area (Å²) < 4.78 is 0. The second kappa shape index (κ2) is 6.54. The number of hydrogen-bond donors (Lipinski definition) is 2. The van der Waals surface area contributed by atoms with Crippen LogP contribution in [0.4, 0.5) is 0 Å². The van der Waals surface area contributed by atoms with Crippen molar-refractivity contribution in [2.24, 2.45) is 0 Å². The van der Waals surface area contributed by atoms with Crippen LogP contribution in [0, 0.1) is 6.92 Å². The largest absolute Gasteiger partial charge is 0.480 e. The first-order valence-electron chi connectivity index (χ1n) is 6.12. The van der Waals surface area contributed by atoms with E-state index in [2.05, 4.69) is 5.32 Å². The predicted octanol–water partition coefficient (Wildman–Crippen LogP) is 2.60. The zero-order valence-electron chi connectivity index (χ0n) is 10.9. The van der Waals surface area contributed by atoms with Crippen LogP contribution in [0.3, 0.4) is 0 Å². The van der Waals surface area contributed by atoms with Crippen LogP contribution in [0.5, 0.6) is 0 Å². The SMILES string of the molecule is CCCC(NC(=O)c1cc(CC)c(C)s1)C(=O)O. The molecule has 1 atom stereocenters. The third-order valence-corrected chi connectivity index (χ3v) is 3.90. The number of carbonyl (C=O) groups is 2. The Morgan fingerprint density at radius 3 is 2.56 bits per heavy atom. The highest BCUT2D eigenvalue weighted by atomic mass is 32.1. The Kier molecular flexibility index (Phi) is 5.34. The Balaban J connectivity index is 2.77. The van der Waals surface area contributed by atoms with Crippen LogP contribution in [-0.2, 0) is 11.2 Å². The molecule has 1 rings (SSSR count). The lowest BCUT2D eigenvalue weighted by molar-refractivity contribution is -0.139. The number of carboxylic acid groups (broad SMARTS) is 1. The van der Waals surface area contributed by atoms with Gasteiger partial charge in [-0.1, -0.05) is 20.3 Å². The first-order valence-corrected chi connectivity index (χ1v) is 6.94. The predicted molar refractivity (Wildman–Crippen MR) is 72.2 cm³/mol. The Hall–Kier alpha value is -1.36. The van der Waals surface area contributed by atoms with E-state index in [1.807, 2.05) is 26.8 Å². The molecule has 5 heteroatoms. The molecule has 0 saturated carbocycles. The minimum absolute atomic E-state index is 0.288. The number of amides is 1. The van der Waals surface area contributed by atoms with E-state index in [9.17, 15) is 9.59 Å². The number of aliphatic carboxylic acids is 1. The first kappa shape index (κ1) is 14.7. The summed E-state index contributed by atoms with van der Waals surface area (Å²) in [5.74, 6) is -1.27. The van der Waals surface area contributed by atoms with E-state index in [4.69, 9.17) is 5.11 Å². The van der Waals surface area contributed by atoms with Gasteiger partial charge in [0.15, 0.2) is 0 Å². The topological polar surface area (TPSA) is 66.4 Å². The average molecular weight is 269 g/mol. The lowest BCUT2D eigenvalue weighted by atomic mass is 10.1. The third-order valence-electron chi connectivity index (χ3n) is 2.81. The highest BCUT2D eigenvalue weighted by Crippen LogP contribution is 2.22. The molecular weight excluding hydrogens is 250 g/mol. The van der Waals surface area contributed by atoms with E-state index in [0.717, 1.165) is 23.3 Å². The molecule has 0 aliphatic heterocycles. The molecule has 1 unspecified atom stereocenters. The summed E-state index contributed by atoms with van der Waals surface area (Å²) in [6.45, 7) is 5.90. The maximum Gasteiger partial charge on any atom is 0.326 e. The maximum atomic E-state index is 12.0. The molecule has 0 spiro atoms. The van der Waals surface area contributed by atoms with Gasteiger partial charge < -0.3 is 10.4 Å². The van der Waals surface area contributed by atoms with Crippen LogP contribution < -0.4 is 5.32 Å². The van der Waals surface area contributed by atoms with E-state index in [1.165, 1.54) is 11.3 Å². The summed E-state index contributed by atoms with van der Waals surface area (Å²) >= 11 is 1.41. The van der Waals surface area contributed by atoms with Crippen molar-refractivity contribution in [3.05, 3.63) is 21.4 Å². The molecule has 0 fully saturated rings. The van der Waals surface area contributed by atoms with Gasteiger partial charge in [0.25, 0.3) is 5.91 Å². The van der Waals surface area contributed by atoms with Gasteiger partial charge in [0.2, 0.25) is 0 Å². The van der Waals surface area contributed by atoms with Crippen LogP contribution in [0.15, 0.2) is 6.07 Å². The molecule has 0 saturated heterocycles. The number of carbonyl (C=O) groups excluding carboxylic acids is 1. The molecule has 100 valence electrons. The summed E-state index contributed by atoms with van der Waals surface area (Å²) in [6.07, 6.45) is 2.06. The fourth-order valence-electron chi connectivity index (χ4n) is 1.76. The van der Waals surface area contributed by atoms with E-state index < -0.39 is 12.0 Å². The summed E-state index contributed by atoms with van der Waals surface area (Å²) in [5, 5.41) is 11.6. The van der Waals surface area contributed by atoms with Gasteiger partial charge in [0.05, 0.1) is 4.88 Å². The summed E-state index contributed by atoms with van der Waals surface area (Å²) in [6, 6.07) is 1.05. The number of aryl methyl sites for hydroxylation is 2. The fraction of sp³-hybridized carbons (Fsp3) is 0.538. The quantitative estimate of drug-likeness (QED) is 0.834. The van der Waals surface area contributed by atoms with Gasteiger partial charge in [-0.15, -0.1) is 11.3 Å². The van der Waals surface area contributed by atoms with Crippen molar-refractivity contribution in [1.29, 1.82) is 0 Å². The Labute approximate surface area is 111 Å². The summed E-state index contributed by atoms with van der Waals surface area (Å²) in [5.41, 5.74) is 1.15. The van der Waals surface area contributed by atoms with E-state index >= 15 is 0 Å². The van der Waals surface area contributed by atoms with Gasteiger partial charge in [0.1, 0.15) is 6.04 Å². The average Bonchev–Trinajstić information content (AvgIpc) is 2.69. The second-order valence-electron chi connectivity index (χ2n) is 4.20. The van der Waals surface area contributed by atoms with Crippen LogP contribution in [0.1, 0.15) is 46.8 Å². The number of hydrogen-bond acceptors (Lipinski definition) is 3. The molecule has 0 radical (unpaired) electrons. The van der Waals surface area contributed by atoms with Crippen molar-refractivity contribution < 1.29 is 14.7 Å². The highest BCUT2D eigenvalue weighted by molar-refractivity contribution is 7.14. The van der Waals surface area contributed by atoms with Crippen molar-refractivity contribution in [2.45, 2.75) is 46.1 Å². The monoisotopic (exact) mass is 269 g/mol. The Bertz CT molecular complexity index is 439. The highest BCUT2D eigenvalue weighted by Gasteiger charge is 2.20. The molecule has 0 aliphatic carbocycles. The molecule has 1 heterocycles. The standard InChI is InChI=1S/C13H19NO3S/c1-4-6-10(13(16)17)14-12(15)11-7-9(5-2)8(3)18-11/h7,10H,4-6H2,1-3H3,(H,14,15)(H,16,17). The molecule has 0 aliphatic rings. The zero-order chi connectivity index (χ0) is 13.7. The van der Waals surface area contributed by atoms with Crippen molar-refractivity contribution in [2.75, 3.05) is 0 Å². The first-order chi connectivity index (χ1) is 8.49. The number of rotatable bonds is 6. The van der Waals surface area contributed by atoms with Crippen LogP contribution in [0.2, 0.25) is 0 Å². The van der Waals surface area contributed by atoms with Gasteiger partial charge in [0, 0.05) is 4.88 Å². The Morgan fingerprint density at radius 1 is 1.44 bits per heavy atom. The molecule has 2 N–H and O–H groups in total. The van der Waals surface area contributed by atoms with E-state index in [1.54, 1.807) is 0 Å². The molecule has 1 aromatic rings. The van der Waals surface area contributed by atoms with Crippen molar-refractivity contribution >= 4 is 23.2 Å². The smallest absolute Gasteiger partial charge is 0.326 e. The summed E-state index contributed by atoms with van der Waals surface area (Å²) in [7, 11) is 0. The minimum atomic E-state index is -0.978. The molecule has 0 aromatic carbocycles. The third kappa shape index (κ3) is 3.57.